The lowest BCUT2D eigenvalue weighted by molar-refractivity contribution is -0.119. The van der Waals surface area contributed by atoms with Crippen molar-refractivity contribution in [3.8, 4) is 11.1 Å². The van der Waals surface area contributed by atoms with Gasteiger partial charge in [0.25, 0.3) is 0 Å². The molecule has 0 atom stereocenters. The first-order valence-corrected chi connectivity index (χ1v) is 8.12. The Bertz CT molecular complexity index is 900. The minimum atomic E-state index is -0.536. The summed E-state index contributed by atoms with van der Waals surface area (Å²) >= 11 is 0. The van der Waals surface area contributed by atoms with E-state index in [9.17, 15) is 9.59 Å². The van der Waals surface area contributed by atoms with Crippen molar-refractivity contribution in [2.24, 2.45) is 0 Å². The van der Waals surface area contributed by atoms with Crippen molar-refractivity contribution < 1.29 is 9.59 Å². The predicted octanol–water partition coefficient (Wildman–Crippen LogP) is 3.17. The molecule has 0 saturated heterocycles. The van der Waals surface area contributed by atoms with E-state index in [2.05, 4.69) is 33.8 Å². The van der Waals surface area contributed by atoms with Crippen LogP contribution in [0.1, 0.15) is 37.0 Å². The number of amides is 2. The first kappa shape index (κ1) is 14.9. The summed E-state index contributed by atoms with van der Waals surface area (Å²) in [6, 6.07) is 6.23. The van der Waals surface area contributed by atoms with E-state index in [-0.39, 0.29) is 11.8 Å². The van der Waals surface area contributed by atoms with E-state index in [0.717, 1.165) is 33.5 Å². The Morgan fingerprint density at radius 2 is 1.83 bits per heavy atom. The fourth-order valence-corrected chi connectivity index (χ4v) is 3.42. The van der Waals surface area contributed by atoms with E-state index in [0.29, 0.717) is 18.7 Å². The monoisotopic (exact) mass is 321 g/mol. The van der Waals surface area contributed by atoms with Crippen molar-refractivity contribution in [2.45, 2.75) is 39.0 Å². The molecule has 24 heavy (non-hydrogen) atoms. The minimum absolute atomic E-state index is 0.0162. The highest BCUT2D eigenvalue weighted by atomic mass is 16.2. The molecule has 0 radical (unpaired) electrons. The Balaban J connectivity index is 1.82. The van der Waals surface area contributed by atoms with Crippen molar-refractivity contribution >= 4 is 23.3 Å². The maximum Gasteiger partial charge on any atom is 0.234 e. The van der Waals surface area contributed by atoms with Gasteiger partial charge in [-0.1, -0.05) is 0 Å². The average molecular weight is 321 g/mol. The highest BCUT2D eigenvalue weighted by Crippen LogP contribution is 2.42. The number of carbonyl (C=O) groups excluding carboxylic acids is 2. The molecule has 2 N–H and O–H groups in total. The molecule has 0 fully saturated rings. The van der Waals surface area contributed by atoms with Crippen molar-refractivity contribution in [1.82, 2.24) is 4.98 Å². The highest BCUT2D eigenvalue weighted by molar-refractivity contribution is 6.07. The number of rotatable bonds is 1. The topological polar surface area (TPSA) is 71.1 Å². The number of nitrogens with zero attached hydrogens (tertiary/aromatic N) is 1. The molecule has 5 heteroatoms. The van der Waals surface area contributed by atoms with Gasteiger partial charge in [0.2, 0.25) is 11.8 Å². The summed E-state index contributed by atoms with van der Waals surface area (Å²) in [6.45, 7) is 5.89. The van der Waals surface area contributed by atoms with Crippen LogP contribution in [-0.4, -0.2) is 16.8 Å². The zero-order valence-electron chi connectivity index (χ0n) is 14.0. The van der Waals surface area contributed by atoms with Crippen LogP contribution in [0, 0.1) is 6.92 Å². The third-order valence-electron chi connectivity index (χ3n) is 4.99. The summed E-state index contributed by atoms with van der Waals surface area (Å²) in [4.78, 5) is 28.1. The maximum atomic E-state index is 12.2. The SMILES string of the molecule is Cc1cc(-c2cnc3c(c2)CCC(=O)N3)cc2c1NC(=O)C2(C)C. The number of benzene rings is 1. The van der Waals surface area contributed by atoms with Crippen LogP contribution < -0.4 is 10.6 Å². The average Bonchev–Trinajstić information content (AvgIpc) is 2.78. The molecule has 2 aliphatic rings. The maximum absolute atomic E-state index is 12.2. The van der Waals surface area contributed by atoms with Crippen LogP contribution in [0.4, 0.5) is 11.5 Å². The highest BCUT2D eigenvalue weighted by Gasteiger charge is 2.39. The van der Waals surface area contributed by atoms with Gasteiger partial charge in [-0.25, -0.2) is 4.98 Å². The summed E-state index contributed by atoms with van der Waals surface area (Å²) in [7, 11) is 0. The molecule has 0 bridgehead atoms. The van der Waals surface area contributed by atoms with Gasteiger partial charge in [-0.15, -0.1) is 0 Å². The summed E-state index contributed by atoms with van der Waals surface area (Å²) in [5.74, 6) is 0.705. The lowest BCUT2D eigenvalue weighted by Crippen LogP contribution is -2.26. The van der Waals surface area contributed by atoms with E-state index in [1.54, 1.807) is 6.20 Å². The Labute approximate surface area is 140 Å². The van der Waals surface area contributed by atoms with Gasteiger partial charge >= 0.3 is 0 Å². The number of aromatic nitrogens is 1. The summed E-state index contributed by atoms with van der Waals surface area (Å²) < 4.78 is 0. The number of pyridine rings is 1. The van der Waals surface area contributed by atoms with Crippen LogP contribution in [0.5, 0.6) is 0 Å². The molecule has 5 nitrogen and oxygen atoms in total. The van der Waals surface area contributed by atoms with Gasteiger partial charge in [-0.05, 0) is 67.6 Å². The van der Waals surface area contributed by atoms with Gasteiger partial charge in [0.15, 0.2) is 0 Å². The fraction of sp³-hybridized carbons (Fsp3) is 0.316. The normalized spacial score (nSPS) is 17.8. The molecule has 0 saturated carbocycles. The fourth-order valence-electron chi connectivity index (χ4n) is 3.42. The largest absolute Gasteiger partial charge is 0.325 e. The van der Waals surface area contributed by atoms with Crippen molar-refractivity contribution in [1.29, 1.82) is 0 Å². The van der Waals surface area contributed by atoms with E-state index >= 15 is 0 Å². The molecule has 3 heterocycles. The molecule has 1 aromatic carbocycles. The quantitative estimate of drug-likeness (QED) is 0.847. The Kier molecular flexibility index (Phi) is 3.04. The second-order valence-electron chi connectivity index (χ2n) is 7.07. The Morgan fingerprint density at radius 1 is 1.04 bits per heavy atom. The zero-order chi connectivity index (χ0) is 17.1. The lowest BCUT2D eigenvalue weighted by atomic mass is 9.83. The van der Waals surface area contributed by atoms with Gasteiger partial charge in [-0.2, -0.15) is 0 Å². The van der Waals surface area contributed by atoms with E-state index in [4.69, 9.17) is 0 Å². The first-order chi connectivity index (χ1) is 11.4. The van der Waals surface area contributed by atoms with Gasteiger partial charge in [0, 0.05) is 23.9 Å². The summed E-state index contributed by atoms with van der Waals surface area (Å²) in [6.07, 6.45) is 2.98. The van der Waals surface area contributed by atoms with Crippen LogP contribution >= 0.6 is 0 Å². The minimum Gasteiger partial charge on any atom is -0.325 e. The van der Waals surface area contributed by atoms with Crippen molar-refractivity contribution in [3.63, 3.8) is 0 Å². The Morgan fingerprint density at radius 3 is 2.62 bits per heavy atom. The molecule has 4 rings (SSSR count). The molecular formula is C19H19N3O2. The number of nitrogens with one attached hydrogen (secondary N) is 2. The molecule has 2 aliphatic heterocycles. The summed E-state index contributed by atoms with van der Waals surface area (Å²) in [5, 5.41) is 5.79. The van der Waals surface area contributed by atoms with Crippen molar-refractivity contribution in [2.75, 3.05) is 10.6 Å². The molecule has 0 spiro atoms. The molecule has 122 valence electrons. The van der Waals surface area contributed by atoms with Crippen molar-refractivity contribution in [3.05, 3.63) is 41.1 Å². The van der Waals surface area contributed by atoms with Gasteiger partial charge < -0.3 is 10.6 Å². The number of anilines is 2. The van der Waals surface area contributed by atoms with Crippen LogP contribution in [0.25, 0.3) is 11.1 Å². The third kappa shape index (κ3) is 2.12. The van der Waals surface area contributed by atoms with E-state index in [1.807, 2.05) is 20.8 Å². The predicted molar refractivity (Wildman–Crippen MR) is 93.0 cm³/mol. The van der Waals surface area contributed by atoms with Crippen LogP contribution in [0.2, 0.25) is 0 Å². The number of carbonyl (C=O) groups is 2. The van der Waals surface area contributed by atoms with Gasteiger partial charge in [0.1, 0.15) is 5.82 Å². The third-order valence-corrected chi connectivity index (χ3v) is 4.99. The second-order valence-corrected chi connectivity index (χ2v) is 7.07. The van der Waals surface area contributed by atoms with E-state index < -0.39 is 5.41 Å². The molecule has 2 amide bonds. The van der Waals surface area contributed by atoms with Gasteiger partial charge in [0.05, 0.1) is 5.41 Å². The number of hydrogen-bond donors (Lipinski definition) is 2. The van der Waals surface area contributed by atoms with Gasteiger partial charge in [-0.3, -0.25) is 9.59 Å². The standard InChI is InChI=1S/C19H19N3O2/c1-10-6-12(8-14-16(10)22-18(24)19(14,2)3)13-7-11-4-5-15(23)21-17(11)20-9-13/h6-9H,4-5H2,1-3H3,(H,22,24)(H,20,21,23). The molecule has 0 unspecified atom stereocenters. The van der Waals surface area contributed by atoms with Crippen LogP contribution in [0.15, 0.2) is 24.4 Å². The molecule has 2 aromatic rings. The van der Waals surface area contributed by atoms with Crippen LogP contribution in [0.3, 0.4) is 0 Å². The second kappa shape index (κ2) is 4.90. The number of aryl methyl sites for hydroxylation is 2. The first-order valence-electron chi connectivity index (χ1n) is 8.12. The lowest BCUT2D eigenvalue weighted by Gasteiger charge is -2.18. The Hall–Kier alpha value is -2.69. The number of hydrogen-bond acceptors (Lipinski definition) is 3. The summed E-state index contributed by atoms with van der Waals surface area (Å²) in [5.41, 5.74) is 5.56. The van der Waals surface area contributed by atoms with Crippen LogP contribution in [-0.2, 0) is 21.4 Å². The molecular weight excluding hydrogens is 302 g/mol. The molecule has 1 aromatic heterocycles. The van der Waals surface area contributed by atoms with E-state index in [1.165, 1.54) is 0 Å². The number of fused-ring (bicyclic) bond motifs is 2. The smallest absolute Gasteiger partial charge is 0.234 e. The molecule has 0 aliphatic carbocycles. The zero-order valence-corrected chi connectivity index (χ0v) is 14.0.